The van der Waals surface area contributed by atoms with Gasteiger partial charge in [-0.1, -0.05) is 56.3 Å². The largest absolute Gasteiger partial charge is 0.695 e. The molecule has 1 N–H and O–H groups in total. The van der Waals surface area contributed by atoms with Crippen LogP contribution in [0.3, 0.4) is 0 Å². The molecule has 0 aliphatic carbocycles. The van der Waals surface area contributed by atoms with Gasteiger partial charge in [0.25, 0.3) is 0 Å². The van der Waals surface area contributed by atoms with Crippen molar-refractivity contribution >= 4 is 8.25 Å². The van der Waals surface area contributed by atoms with E-state index in [0.29, 0.717) is 6.42 Å². The molecule has 2 unspecified atom stereocenters. The zero-order valence-corrected chi connectivity index (χ0v) is 15.1. The van der Waals surface area contributed by atoms with Crippen molar-refractivity contribution in [1.29, 1.82) is 0 Å². The fourth-order valence-corrected chi connectivity index (χ4v) is 3.66. The van der Waals surface area contributed by atoms with Gasteiger partial charge in [-0.05, 0) is 54.5 Å². The Balaban J connectivity index is 2.73. The normalized spacial score (nSPS) is 14.4. The minimum atomic E-state index is -2.73. The molecule has 0 radical (unpaired) electrons. The molecular weight excluding hydrogens is 307 g/mol. The van der Waals surface area contributed by atoms with Crippen LogP contribution in [0, 0.1) is 13.8 Å². The van der Waals surface area contributed by atoms with Crippen LogP contribution >= 0.6 is 8.25 Å². The summed E-state index contributed by atoms with van der Waals surface area (Å²) in [5.74, 6) is 0. The highest BCUT2D eigenvalue weighted by molar-refractivity contribution is 7.32. The topological polar surface area (TPSA) is 46.5 Å². The van der Waals surface area contributed by atoms with E-state index in [2.05, 4.69) is 26.0 Å². The Morgan fingerprint density at radius 1 is 1.09 bits per heavy atom. The molecule has 2 aromatic carbocycles. The van der Waals surface area contributed by atoms with E-state index in [1.54, 1.807) is 0 Å². The first kappa shape index (κ1) is 17.8. The van der Waals surface area contributed by atoms with Gasteiger partial charge in [0.15, 0.2) is 5.60 Å². The lowest BCUT2D eigenvalue weighted by Crippen LogP contribution is -2.30. The van der Waals surface area contributed by atoms with Crippen molar-refractivity contribution in [2.24, 2.45) is 0 Å². The predicted molar refractivity (Wildman–Crippen MR) is 93.7 cm³/mol. The second-order valence-electron chi connectivity index (χ2n) is 5.82. The summed E-state index contributed by atoms with van der Waals surface area (Å²) in [5.41, 5.74) is 4.44. The van der Waals surface area contributed by atoms with E-state index >= 15 is 0 Å². The molecule has 0 fully saturated rings. The van der Waals surface area contributed by atoms with Gasteiger partial charge in [0.1, 0.15) is 0 Å². The molecule has 122 valence electrons. The zero-order chi connectivity index (χ0) is 17.0. The average Bonchev–Trinajstić information content (AvgIpc) is 2.55. The molecule has 0 saturated carbocycles. The molecule has 2 rings (SSSR count). The maximum atomic E-state index is 11.6. The van der Waals surface area contributed by atoms with Crippen LogP contribution in [0.15, 0.2) is 42.5 Å². The van der Waals surface area contributed by atoms with Crippen molar-refractivity contribution in [1.82, 2.24) is 0 Å². The monoisotopic (exact) mass is 331 g/mol. The highest BCUT2D eigenvalue weighted by Crippen LogP contribution is 2.44. The standard InChI is InChI=1S/C19H23O3P/c1-5-16-9-7-8-10-18(16)19(6-2,22-23(20)21)17-12-11-14(3)15(4)13-17/h7-13H,5-6H2,1-4H3/p+1. The van der Waals surface area contributed by atoms with E-state index in [1.807, 2.05) is 44.2 Å². The summed E-state index contributed by atoms with van der Waals surface area (Å²) >= 11 is 0. The molecule has 4 heteroatoms. The maximum Gasteiger partial charge on any atom is 0.695 e. The highest BCUT2D eigenvalue weighted by Gasteiger charge is 2.43. The van der Waals surface area contributed by atoms with Crippen LogP contribution in [-0.4, -0.2) is 4.89 Å². The number of rotatable bonds is 6. The molecule has 0 spiro atoms. The lowest BCUT2D eigenvalue weighted by Gasteiger charge is -2.30. The summed E-state index contributed by atoms with van der Waals surface area (Å²) in [4.78, 5) is 9.52. The molecule has 3 nitrogen and oxygen atoms in total. The third-order valence-electron chi connectivity index (χ3n) is 4.54. The molecule has 2 atom stereocenters. The van der Waals surface area contributed by atoms with Gasteiger partial charge in [0.05, 0.1) is 0 Å². The van der Waals surface area contributed by atoms with Gasteiger partial charge in [-0.15, -0.1) is 9.42 Å². The van der Waals surface area contributed by atoms with E-state index in [9.17, 15) is 9.46 Å². The number of aryl methyl sites for hydroxylation is 3. The first-order valence-electron chi connectivity index (χ1n) is 7.96. The average molecular weight is 331 g/mol. The molecule has 0 aromatic heterocycles. The van der Waals surface area contributed by atoms with E-state index in [1.165, 1.54) is 5.56 Å². The lowest BCUT2D eigenvalue weighted by molar-refractivity contribution is 0.0990. The first-order chi connectivity index (χ1) is 10.9. The van der Waals surface area contributed by atoms with Gasteiger partial charge >= 0.3 is 8.25 Å². The van der Waals surface area contributed by atoms with E-state index in [4.69, 9.17) is 4.52 Å². The second kappa shape index (κ2) is 7.35. The molecule has 0 aliphatic heterocycles. The van der Waals surface area contributed by atoms with Gasteiger partial charge in [0, 0.05) is 4.57 Å². The summed E-state index contributed by atoms with van der Waals surface area (Å²) < 4.78 is 17.3. The SMILES string of the molecule is CCc1ccccc1C(CC)(O[P+](=O)O)c1ccc(C)c(C)c1. The fourth-order valence-electron chi connectivity index (χ4n) is 3.07. The predicted octanol–water partition coefficient (Wildman–Crippen LogP) is 5.19. The van der Waals surface area contributed by atoms with Crippen molar-refractivity contribution in [3.8, 4) is 0 Å². The fraction of sp³-hybridized carbons (Fsp3) is 0.368. The Kier molecular flexibility index (Phi) is 5.69. The van der Waals surface area contributed by atoms with Gasteiger partial charge < -0.3 is 0 Å². The summed E-state index contributed by atoms with van der Waals surface area (Å²) in [7, 11) is -2.73. The Labute approximate surface area is 139 Å². The smallest absolute Gasteiger partial charge is 0.133 e. The van der Waals surface area contributed by atoms with Crippen LogP contribution in [-0.2, 0) is 21.1 Å². The quantitative estimate of drug-likeness (QED) is 0.741. The maximum absolute atomic E-state index is 11.6. The van der Waals surface area contributed by atoms with Gasteiger partial charge in [-0.25, -0.2) is 0 Å². The number of hydrogen-bond acceptors (Lipinski definition) is 2. The molecule has 23 heavy (non-hydrogen) atoms. The minimum absolute atomic E-state index is 0.578. The zero-order valence-electron chi connectivity index (χ0n) is 14.2. The van der Waals surface area contributed by atoms with Crippen molar-refractivity contribution in [3.63, 3.8) is 0 Å². The van der Waals surface area contributed by atoms with Crippen molar-refractivity contribution < 1.29 is 14.0 Å². The van der Waals surface area contributed by atoms with E-state index in [0.717, 1.165) is 28.7 Å². The minimum Gasteiger partial charge on any atom is -0.133 e. The summed E-state index contributed by atoms with van der Waals surface area (Å²) in [6, 6.07) is 14.1. The van der Waals surface area contributed by atoms with Crippen LogP contribution in [0.4, 0.5) is 0 Å². The highest BCUT2D eigenvalue weighted by atomic mass is 31.1. The number of hydrogen-bond donors (Lipinski definition) is 1. The Bertz CT molecular complexity index is 712. The third-order valence-corrected chi connectivity index (χ3v) is 5.01. The van der Waals surface area contributed by atoms with Crippen LogP contribution in [0.5, 0.6) is 0 Å². The molecule has 0 heterocycles. The van der Waals surface area contributed by atoms with Gasteiger partial charge in [0.2, 0.25) is 0 Å². The Hall–Kier alpha value is -1.54. The lowest BCUT2D eigenvalue weighted by atomic mass is 9.80. The summed E-state index contributed by atoms with van der Waals surface area (Å²) in [6.45, 7) is 8.17. The second-order valence-corrected chi connectivity index (χ2v) is 6.48. The van der Waals surface area contributed by atoms with Crippen molar-refractivity contribution in [2.75, 3.05) is 0 Å². The first-order valence-corrected chi connectivity index (χ1v) is 9.09. The molecule has 0 bridgehead atoms. The van der Waals surface area contributed by atoms with E-state index < -0.39 is 13.9 Å². The van der Waals surface area contributed by atoms with Gasteiger partial charge in [-0.2, -0.15) is 0 Å². The molecular formula is C19H24O3P+. The number of benzene rings is 2. The molecule has 2 aromatic rings. The van der Waals surface area contributed by atoms with E-state index in [-0.39, 0.29) is 0 Å². The van der Waals surface area contributed by atoms with Gasteiger partial charge in [-0.3, -0.25) is 0 Å². The van der Waals surface area contributed by atoms with Crippen LogP contribution in [0.1, 0.15) is 48.1 Å². The third kappa shape index (κ3) is 3.53. The summed E-state index contributed by atoms with van der Waals surface area (Å²) in [5, 5.41) is 0. The van der Waals surface area contributed by atoms with Crippen LogP contribution in [0.25, 0.3) is 0 Å². The van der Waals surface area contributed by atoms with Crippen LogP contribution < -0.4 is 0 Å². The molecule has 0 saturated heterocycles. The molecule has 0 aliphatic rings. The van der Waals surface area contributed by atoms with Crippen molar-refractivity contribution in [3.05, 3.63) is 70.3 Å². The van der Waals surface area contributed by atoms with Crippen LogP contribution in [0.2, 0.25) is 0 Å². The Morgan fingerprint density at radius 3 is 2.35 bits per heavy atom. The van der Waals surface area contributed by atoms with Crippen molar-refractivity contribution in [2.45, 2.75) is 46.1 Å². The Morgan fingerprint density at radius 2 is 1.78 bits per heavy atom. The molecule has 0 amide bonds. The summed E-state index contributed by atoms with van der Waals surface area (Å²) in [6.07, 6.45) is 1.42.